The van der Waals surface area contributed by atoms with Gasteiger partial charge in [-0.2, -0.15) is 0 Å². The van der Waals surface area contributed by atoms with Gasteiger partial charge < -0.3 is 16.0 Å². The maximum absolute atomic E-state index is 3.50. The first-order valence-corrected chi connectivity index (χ1v) is 7.02. The molecule has 5 heteroatoms. The van der Waals surface area contributed by atoms with Crippen LogP contribution in [0.2, 0.25) is 0 Å². The Hall–Kier alpha value is -0.200. The van der Waals surface area contributed by atoms with Gasteiger partial charge in [-0.1, -0.05) is 0 Å². The molecule has 0 atom stereocenters. The minimum Gasteiger partial charge on any atom is -0.314 e. The van der Waals surface area contributed by atoms with Gasteiger partial charge in [0.15, 0.2) is 0 Å². The molecule has 0 aromatic rings. The molecule has 0 radical (unpaired) electrons. The highest BCUT2D eigenvalue weighted by Crippen LogP contribution is 1.99. The Bertz CT molecular complexity index is 166. The Morgan fingerprint density at radius 3 is 1.18 bits per heavy atom. The minimum atomic E-state index is 1.08. The number of hydrogen-bond acceptors (Lipinski definition) is 5. The van der Waals surface area contributed by atoms with Crippen LogP contribution in [0.25, 0.3) is 0 Å². The monoisotopic (exact) mass is 241 g/mol. The molecular formula is C12H27N5. The standard InChI is InChI=1S/C12H27N5/c1-3-14-5-7-16-9-11-17(12-10-16)8-6-15-4-2-13-1/h13-15H,1-12H2. The number of hydrogen-bond donors (Lipinski definition) is 3. The van der Waals surface area contributed by atoms with Crippen LogP contribution in [0, 0.1) is 0 Å². The van der Waals surface area contributed by atoms with E-state index in [2.05, 4.69) is 25.8 Å². The third kappa shape index (κ3) is 5.31. The molecule has 0 aromatic carbocycles. The second kappa shape index (κ2) is 8.00. The van der Waals surface area contributed by atoms with E-state index < -0.39 is 0 Å². The predicted molar refractivity (Wildman–Crippen MR) is 71.5 cm³/mol. The highest BCUT2D eigenvalue weighted by Gasteiger charge is 2.15. The Labute approximate surface area is 105 Å². The zero-order chi connectivity index (χ0) is 11.8. The molecular weight excluding hydrogens is 214 g/mol. The molecule has 0 amide bonds. The molecule has 0 spiro atoms. The Balaban J connectivity index is 1.71. The van der Waals surface area contributed by atoms with Crippen LogP contribution in [0.5, 0.6) is 0 Å². The molecule has 0 unspecified atom stereocenters. The van der Waals surface area contributed by atoms with E-state index in [1.54, 1.807) is 0 Å². The smallest absolute Gasteiger partial charge is 0.0110 e. The number of piperazine rings is 1. The maximum atomic E-state index is 3.50. The second-order valence-corrected chi connectivity index (χ2v) is 4.93. The first-order chi connectivity index (χ1) is 8.45. The van der Waals surface area contributed by atoms with E-state index >= 15 is 0 Å². The van der Waals surface area contributed by atoms with Gasteiger partial charge in [-0.15, -0.1) is 0 Å². The molecule has 3 fully saturated rings. The molecule has 0 aromatic heterocycles. The van der Waals surface area contributed by atoms with Gasteiger partial charge in [-0.25, -0.2) is 0 Å². The summed E-state index contributed by atoms with van der Waals surface area (Å²) < 4.78 is 0. The van der Waals surface area contributed by atoms with E-state index in [1.165, 1.54) is 39.3 Å². The van der Waals surface area contributed by atoms with Crippen LogP contribution < -0.4 is 16.0 Å². The Morgan fingerprint density at radius 2 is 0.765 bits per heavy atom. The zero-order valence-electron chi connectivity index (χ0n) is 10.9. The zero-order valence-corrected chi connectivity index (χ0v) is 10.9. The lowest BCUT2D eigenvalue weighted by Gasteiger charge is -2.34. The lowest BCUT2D eigenvalue weighted by atomic mass is 10.3. The van der Waals surface area contributed by atoms with Crippen molar-refractivity contribution in [3.8, 4) is 0 Å². The fourth-order valence-electron chi connectivity index (χ4n) is 2.44. The van der Waals surface area contributed by atoms with Crippen LogP contribution >= 0.6 is 0 Å². The summed E-state index contributed by atoms with van der Waals surface area (Å²) >= 11 is 0. The summed E-state index contributed by atoms with van der Waals surface area (Å²) in [6, 6.07) is 0. The van der Waals surface area contributed by atoms with Gasteiger partial charge in [0.05, 0.1) is 0 Å². The summed E-state index contributed by atoms with van der Waals surface area (Å²) in [7, 11) is 0. The first kappa shape index (κ1) is 13.2. The normalized spacial score (nSPS) is 33.9. The van der Waals surface area contributed by atoms with Crippen molar-refractivity contribution < 1.29 is 0 Å². The number of nitrogens with one attached hydrogen (secondary N) is 3. The van der Waals surface area contributed by atoms with Crippen molar-refractivity contribution in [2.45, 2.75) is 0 Å². The predicted octanol–water partition coefficient (Wildman–Crippen LogP) is -1.61. The van der Waals surface area contributed by atoms with Crippen molar-refractivity contribution in [3.63, 3.8) is 0 Å². The molecule has 3 aliphatic rings. The molecule has 0 aliphatic carbocycles. The van der Waals surface area contributed by atoms with Crippen molar-refractivity contribution in [3.05, 3.63) is 0 Å². The Morgan fingerprint density at radius 1 is 0.412 bits per heavy atom. The van der Waals surface area contributed by atoms with E-state index in [9.17, 15) is 0 Å². The maximum Gasteiger partial charge on any atom is 0.0110 e. The van der Waals surface area contributed by atoms with Crippen molar-refractivity contribution in [2.75, 3.05) is 78.5 Å². The Kier molecular flexibility index (Phi) is 6.23. The van der Waals surface area contributed by atoms with E-state index in [-0.39, 0.29) is 0 Å². The van der Waals surface area contributed by atoms with E-state index in [0.29, 0.717) is 0 Å². The average molecular weight is 241 g/mol. The second-order valence-electron chi connectivity index (χ2n) is 4.93. The summed E-state index contributed by atoms with van der Waals surface area (Å²) in [5.41, 5.74) is 0. The van der Waals surface area contributed by atoms with Gasteiger partial charge >= 0.3 is 0 Å². The van der Waals surface area contributed by atoms with Crippen LogP contribution in [0.4, 0.5) is 0 Å². The summed E-state index contributed by atoms with van der Waals surface area (Å²) in [5, 5.41) is 10.4. The molecule has 0 saturated carbocycles. The quantitative estimate of drug-likeness (QED) is 0.445. The van der Waals surface area contributed by atoms with Gasteiger partial charge in [-0.05, 0) is 0 Å². The summed E-state index contributed by atoms with van der Waals surface area (Å²) in [4.78, 5) is 5.15. The van der Waals surface area contributed by atoms with Crippen LogP contribution in [0.15, 0.2) is 0 Å². The SMILES string of the molecule is C1CNCCN2CCN(CCNCCN1)CC2. The molecule has 3 heterocycles. The first-order valence-electron chi connectivity index (χ1n) is 7.02. The number of fused-ring (bicyclic) bond motifs is 12. The highest BCUT2D eigenvalue weighted by molar-refractivity contribution is 4.73. The molecule has 17 heavy (non-hydrogen) atoms. The third-order valence-corrected chi connectivity index (χ3v) is 3.63. The molecule has 100 valence electrons. The number of nitrogens with zero attached hydrogens (tertiary/aromatic N) is 2. The van der Waals surface area contributed by atoms with Gasteiger partial charge in [0.1, 0.15) is 0 Å². The fourth-order valence-corrected chi connectivity index (χ4v) is 2.44. The molecule has 3 N–H and O–H groups in total. The summed E-state index contributed by atoms with van der Waals surface area (Å²) in [6.07, 6.45) is 0. The number of rotatable bonds is 0. The van der Waals surface area contributed by atoms with Gasteiger partial charge in [0.2, 0.25) is 0 Å². The molecule has 3 saturated heterocycles. The molecule has 2 bridgehead atoms. The topological polar surface area (TPSA) is 42.6 Å². The van der Waals surface area contributed by atoms with Crippen molar-refractivity contribution in [1.29, 1.82) is 0 Å². The fraction of sp³-hybridized carbons (Fsp3) is 1.00. The van der Waals surface area contributed by atoms with Crippen LogP contribution in [0.3, 0.4) is 0 Å². The minimum absolute atomic E-state index is 1.08. The van der Waals surface area contributed by atoms with Gasteiger partial charge in [-0.3, -0.25) is 9.80 Å². The van der Waals surface area contributed by atoms with Crippen molar-refractivity contribution >= 4 is 0 Å². The molecule has 3 rings (SSSR count). The van der Waals surface area contributed by atoms with Gasteiger partial charge in [0.25, 0.3) is 0 Å². The van der Waals surface area contributed by atoms with Gasteiger partial charge in [0, 0.05) is 78.5 Å². The summed E-state index contributed by atoms with van der Waals surface area (Å²) in [6.45, 7) is 13.9. The van der Waals surface area contributed by atoms with Crippen LogP contribution in [-0.2, 0) is 0 Å². The van der Waals surface area contributed by atoms with Crippen LogP contribution in [-0.4, -0.2) is 88.3 Å². The van der Waals surface area contributed by atoms with Crippen molar-refractivity contribution in [1.82, 2.24) is 25.8 Å². The average Bonchev–Trinajstić information content (AvgIpc) is 2.38. The lowest BCUT2D eigenvalue weighted by Crippen LogP contribution is -2.49. The highest BCUT2D eigenvalue weighted by atomic mass is 15.3. The lowest BCUT2D eigenvalue weighted by molar-refractivity contribution is 0.134. The largest absolute Gasteiger partial charge is 0.314 e. The van der Waals surface area contributed by atoms with E-state index in [0.717, 1.165) is 39.3 Å². The van der Waals surface area contributed by atoms with E-state index in [4.69, 9.17) is 0 Å². The summed E-state index contributed by atoms with van der Waals surface area (Å²) in [5.74, 6) is 0. The third-order valence-electron chi connectivity index (χ3n) is 3.63. The van der Waals surface area contributed by atoms with Crippen molar-refractivity contribution in [2.24, 2.45) is 0 Å². The molecule has 3 aliphatic heterocycles. The van der Waals surface area contributed by atoms with Crippen LogP contribution in [0.1, 0.15) is 0 Å². The molecule has 5 nitrogen and oxygen atoms in total. The van der Waals surface area contributed by atoms with E-state index in [1.807, 2.05) is 0 Å².